The van der Waals surface area contributed by atoms with Gasteiger partial charge in [0.1, 0.15) is 5.82 Å². The van der Waals surface area contributed by atoms with E-state index >= 15 is 0 Å². The van der Waals surface area contributed by atoms with Crippen molar-refractivity contribution in [2.75, 3.05) is 13.7 Å². The number of cyclic esters (lactones) is 1. The Morgan fingerprint density at radius 1 is 1.15 bits per heavy atom. The topological polar surface area (TPSA) is 57.1 Å². The maximum absolute atomic E-state index is 13.0. The van der Waals surface area contributed by atoms with Crippen LogP contribution in [0.5, 0.6) is 11.5 Å². The number of methoxy groups -OCH3 is 1. The van der Waals surface area contributed by atoms with E-state index in [0.29, 0.717) is 23.7 Å². The molecule has 0 amide bonds. The van der Waals surface area contributed by atoms with Crippen LogP contribution in [0.25, 0.3) is 6.08 Å². The second-order valence-corrected chi connectivity index (χ2v) is 5.96. The predicted molar refractivity (Wildman–Crippen MR) is 100 cm³/mol. The second kappa shape index (κ2) is 8.49. The van der Waals surface area contributed by atoms with E-state index in [9.17, 15) is 9.18 Å². The van der Waals surface area contributed by atoms with Gasteiger partial charge in [-0.1, -0.05) is 19.4 Å². The molecular weight excluding hydrogens is 349 g/mol. The van der Waals surface area contributed by atoms with E-state index in [2.05, 4.69) is 11.9 Å². The zero-order valence-corrected chi connectivity index (χ0v) is 15.2. The zero-order valence-electron chi connectivity index (χ0n) is 15.2. The minimum atomic E-state index is -0.559. The normalized spacial score (nSPS) is 14.9. The highest BCUT2D eigenvalue weighted by atomic mass is 19.1. The van der Waals surface area contributed by atoms with Crippen molar-refractivity contribution >= 4 is 17.9 Å². The number of halogens is 1. The van der Waals surface area contributed by atoms with Gasteiger partial charge in [-0.05, 0) is 54.5 Å². The number of aliphatic imine (C=N–C) groups is 1. The van der Waals surface area contributed by atoms with Crippen molar-refractivity contribution in [3.05, 3.63) is 65.1 Å². The molecule has 0 atom stereocenters. The molecule has 3 rings (SSSR count). The second-order valence-electron chi connectivity index (χ2n) is 5.96. The Morgan fingerprint density at radius 3 is 2.63 bits per heavy atom. The van der Waals surface area contributed by atoms with Crippen LogP contribution in [-0.4, -0.2) is 25.6 Å². The van der Waals surface area contributed by atoms with Gasteiger partial charge in [0.05, 0.1) is 13.7 Å². The predicted octanol–water partition coefficient (Wildman–Crippen LogP) is 4.36. The molecule has 5 nitrogen and oxygen atoms in total. The van der Waals surface area contributed by atoms with E-state index in [1.165, 1.54) is 24.3 Å². The molecule has 0 saturated heterocycles. The van der Waals surface area contributed by atoms with E-state index in [0.717, 1.165) is 18.4 Å². The Kier molecular flexibility index (Phi) is 5.86. The summed E-state index contributed by atoms with van der Waals surface area (Å²) in [7, 11) is 1.56. The Labute approximate surface area is 157 Å². The van der Waals surface area contributed by atoms with Crippen LogP contribution in [-0.2, 0) is 9.53 Å². The first-order valence-electron chi connectivity index (χ1n) is 8.70. The third-order valence-corrected chi connectivity index (χ3v) is 3.96. The van der Waals surface area contributed by atoms with Crippen LogP contribution in [0, 0.1) is 5.82 Å². The number of nitrogens with zero attached hydrogens (tertiary/aromatic N) is 1. The summed E-state index contributed by atoms with van der Waals surface area (Å²) in [5, 5.41) is 0. The van der Waals surface area contributed by atoms with Crippen molar-refractivity contribution in [3.63, 3.8) is 0 Å². The summed E-state index contributed by atoms with van der Waals surface area (Å²) in [6, 6.07) is 11.0. The number of rotatable bonds is 7. The van der Waals surface area contributed by atoms with Gasteiger partial charge < -0.3 is 14.2 Å². The van der Waals surface area contributed by atoms with Crippen molar-refractivity contribution in [1.82, 2.24) is 0 Å². The first-order chi connectivity index (χ1) is 13.1. The van der Waals surface area contributed by atoms with Gasteiger partial charge in [0.2, 0.25) is 5.90 Å². The minimum Gasteiger partial charge on any atom is -0.493 e. The molecule has 0 fully saturated rings. The number of hydrogen-bond donors (Lipinski definition) is 0. The Bertz CT molecular complexity index is 888. The molecule has 0 N–H and O–H groups in total. The monoisotopic (exact) mass is 369 g/mol. The van der Waals surface area contributed by atoms with Gasteiger partial charge in [-0.2, -0.15) is 0 Å². The summed E-state index contributed by atoms with van der Waals surface area (Å²) in [4.78, 5) is 16.3. The third kappa shape index (κ3) is 4.53. The van der Waals surface area contributed by atoms with Gasteiger partial charge in [-0.3, -0.25) is 0 Å². The molecule has 27 heavy (non-hydrogen) atoms. The highest BCUT2D eigenvalue weighted by molar-refractivity contribution is 6.12. The molecule has 2 aromatic carbocycles. The van der Waals surface area contributed by atoms with Crippen LogP contribution in [0.3, 0.4) is 0 Å². The van der Waals surface area contributed by atoms with Crippen LogP contribution in [0.2, 0.25) is 0 Å². The van der Waals surface area contributed by atoms with Crippen LogP contribution in [0.1, 0.15) is 30.9 Å². The zero-order chi connectivity index (χ0) is 19.2. The van der Waals surface area contributed by atoms with Gasteiger partial charge in [0, 0.05) is 5.56 Å². The number of carbonyl (C=O) groups is 1. The number of unbranched alkanes of at least 4 members (excludes halogenated alkanes) is 1. The van der Waals surface area contributed by atoms with Crippen LogP contribution < -0.4 is 9.47 Å². The van der Waals surface area contributed by atoms with E-state index < -0.39 is 5.97 Å². The average Bonchev–Trinajstić information content (AvgIpc) is 3.04. The molecule has 0 spiro atoms. The molecule has 1 aliphatic heterocycles. The maximum Gasteiger partial charge on any atom is 0.363 e. The quantitative estimate of drug-likeness (QED) is 0.413. The van der Waals surface area contributed by atoms with Gasteiger partial charge in [0.25, 0.3) is 0 Å². The molecule has 1 heterocycles. The fourth-order valence-electron chi connectivity index (χ4n) is 2.50. The Morgan fingerprint density at radius 2 is 1.93 bits per heavy atom. The van der Waals surface area contributed by atoms with Crippen LogP contribution >= 0.6 is 0 Å². The lowest BCUT2D eigenvalue weighted by Gasteiger charge is -2.10. The first kappa shape index (κ1) is 18.6. The Balaban J connectivity index is 1.82. The highest BCUT2D eigenvalue weighted by Gasteiger charge is 2.24. The molecule has 0 aromatic heterocycles. The van der Waals surface area contributed by atoms with Crippen molar-refractivity contribution in [3.8, 4) is 11.5 Å². The lowest BCUT2D eigenvalue weighted by Crippen LogP contribution is -2.05. The van der Waals surface area contributed by atoms with E-state index in [-0.39, 0.29) is 17.4 Å². The largest absolute Gasteiger partial charge is 0.493 e. The summed E-state index contributed by atoms with van der Waals surface area (Å²) in [5.41, 5.74) is 1.42. The van der Waals surface area contributed by atoms with E-state index in [4.69, 9.17) is 14.2 Å². The molecule has 0 radical (unpaired) electrons. The standard InChI is InChI=1S/C21H20FNO4/c1-3-4-11-26-18-10-5-14(13-19(18)25-2)12-17-21(24)27-20(23-17)15-6-8-16(22)9-7-15/h5-10,12-13H,3-4,11H2,1-2H3/b17-12+. The summed E-state index contributed by atoms with van der Waals surface area (Å²) < 4.78 is 29.3. The number of benzene rings is 2. The number of hydrogen-bond acceptors (Lipinski definition) is 5. The number of ether oxygens (including phenoxy) is 3. The van der Waals surface area contributed by atoms with Gasteiger partial charge in [-0.15, -0.1) is 0 Å². The van der Waals surface area contributed by atoms with Gasteiger partial charge in [0.15, 0.2) is 17.2 Å². The highest BCUT2D eigenvalue weighted by Crippen LogP contribution is 2.30. The fraction of sp³-hybridized carbons (Fsp3) is 0.238. The first-order valence-corrected chi connectivity index (χ1v) is 8.70. The summed E-state index contributed by atoms with van der Waals surface area (Å²) in [6.45, 7) is 2.71. The lowest BCUT2D eigenvalue weighted by atomic mass is 10.1. The minimum absolute atomic E-state index is 0.151. The van der Waals surface area contributed by atoms with E-state index in [1.54, 1.807) is 25.3 Å². The average molecular weight is 369 g/mol. The van der Waals surface area contributed by atoms with Crippen LogP contribution in [0.15, 0.2) is 53.2 Å². The van der Waals surface area contributed by atoms with Gasteiger partial charge in [-0.25, -0.2) is 14.2 Å². The number of carbonyl (C=O) groups excluding carboxylic acids is 1. The number of esters is 1. The molecule has 2 aromatic rings. The lowest BCUT2D eigenvalue weighted by molar-refractivity contribution is -0.129. The van der Waals surface area contributed by atoms with E-state index in [1.807, 2.05) is 6.07 Å². The van der Waals surface area contributed by atoms with Crippen molar-refractivity contribution in [2.45, 2.75) is 19.8 Å². The molecule has 140 valence electrons. The molecule has 1 aliphatic rings. The molecular formula is C21H20FNO4. The summed E-state index contributed by atoms with van der Waals surface area (Å²) in [6.07, 6.45) is 3.61. The smallest absolute Gasteiger partial charge is 0.363 e. The van der Waals surface area contributed by atoms with Gasteiger partial charge >= 0.3 is 5.97 Å². The molecule has 6 heteroatoms. The molecule has 0 aliphatic carbocycles. The Hall–Kier alpha value is -3.15. The molecule has 0 unspecified atom stereocenters. The fourth-order valence-corrected chi connectivity index (χ4v) is 2.50. The van der Waals surface area contributed by atoms with Crippen molar-refractivity contribution < 1.29 is 23.4 Å². The van der Waals surface area contributed by atoms with Crippen molar-refractivity contribution in [2.24, 2.45) is 4.99 Å². The third-order valence-electron chi connectivity index (χ3n) is 3.96. The molecule has 0 bridgehead atoms. The summed E-state index contributed by atoms with van der Waals surface area (Å²) >= 11 is 0. The maximum atomic E-state index is 13.0. The molecule has 0 saturated carbocycles. The SMILES string of the molecule is CCCCOc1ccc(/C=C2/N=C(c3ccc(F)cc3)OC2=O)cc1OC. The van der Waals surface area contributed by atoms with Crippen molar-refractivity contribution in [1.29, 1.82) is 0 Å². The van der Waals surface area contributed by atoms with Crippen LogP contribution in [0.4, 0.5) is 4.39 Å². The summed E-state index contributed by atoms with van der Waals surface area (Å²) in [5.74, 6) is 0.453.